The third-order valence-corrected chi connectivity index (χ3v) is 6.75. The molecule has 2 rings (SSSR count). The average molecular weight is 482 g/mol. The van der Waals surface area contributed by atoms with E-state index < -0.39 is 15.9 Å². The fraction of sp³-hybridized carbons (Fsp3) is 0.278. The van der Waals surface area contributed by atoms with Gasteiger partial charge in [-0.15, -0.1) is 0 Å². The molecular formula is C18H19Cl3N2O3S2. The molecule has 2 aromatic carbocycles. The van der Waals surface area contributed by atoms with Crippen molar-refractivity contribution in [2.45, 2.75) is 5.75 Å². The summed E-state index contributed by atoms with van der Waals surface area (Å²) < 4.78 is 25.1. The monoisotopic (exact) mass is 480 g/mol. The van der Waals surface area contributed by atoms with Gasteiger partial charge in [0.1, 0.15) is 6.54 Å². The maximum absolute atomic E-state index is 12.2. The van der Waals surface area contributed by atoms with Crippen LogP contribution in [0.15, 0.2) is 42.5 Å². The topological polar surface area (TPSA) is 66.5 Å². The number of thioether (sulfide) groups is 1. The van der Waals surface area contributed by atoms with Crippen molar-refractivity contribution in [2.24, 2.45) is 0 Å². The minimum absolute atomic E-state index is 0.214. The first kappa shape index (κ1) is 23.2. The first-order chi connectivity index (χ1) is 13.2. The highest BCUT2D eigenvalue weighted by molar-refractivity contribution is 7.98. The number of nitrogens with one attached hydrogen (secondary N) is 1. The Balaban J connectivity index is 1.85. The van der Waals surface area contributed by atoms with Crippen LogP contribution in [0, 0.1) is 0 Å². The Morgan fingerprint density at radius 2 is 1.86 bits per heavy atom. The molecule has 152 valence electrons. The molecule has 0 aliphatic heterocycles. The van der Waals surface area contributed by atoms with Crippen molar-refractivity contribution in [1.29, 1.82) is 0 Å². The first-order valence-electron chi connectivity index (χ1n) is 8.18. The predicted molar refractivity (Wildman–Crippen MR) is 119 cm³/mol. The summed E-state index contributed by atoms with van der Waals surface area (Å²) in [7, 11) is -3.66. The molecule has 5 nitrogen and oxygen atoms in total. The third kappa shape index (κ3) is 7.37. The molecule has 0 bridgehead atoms. The zero-order valence-electron chi connectivity index (χ0n) is 15.0. The Labute approximate surface area is 184 Å². The van der Waals surface area contributed by atoms with Crippen LogP contribution in [0.1, 0.15) is 5.56 Å². The number of rotatable bonds is 9. The second-order valence-corrected chi connectivity index (χ2v) is 10.2. The summed E-state index contributed by atoms with van der Waals surface area (Å²) in [5.74, 6) is 1.05. The molecule has 0 unspecified atom stereocenters. The van der Waals surface area contributed by atoms with Crippen LogP contribution in [-0.2, 0) is 20.6 Å². The highest BCUT2D eigenvalue weighted by atomic mass is 35.5. The summed E-state index contributed by atoms with van der Waals surface area (Å²) in [6.07, 6.45) is 1.03. The molecule has 10 heteroatoms. The van der Waals surface area contributed by atoms with Gasteiger partial charge in [-0.3, -0.25) is 9.10 Å². The molecule has 0 radical (unpaired) electrons. The fourth-order valence-corrected chi connectivity index (χ4v) is 4.47. The minimum atomic E-state index is -3.66. The molecule has 0 spiro atoms. The molecule has 0 atom stereocenters. The van der Waals surface area contributed by atoms with Crippen molar-refractivity contribution < 1.29 is 13.2 Å². The summed E-state index contributed by atoms with van der Waals surface area (Å²) in [4.78, 5) is 12.2. The molecular weight excluding hydrogens is 463 g/mol. The van der Waals surface area contributed by atoms with Gasteiger partial charge >= 0.3 is 0 Å². The lowest BCUT2D eigenvalue weighted by molar-refractivity contribution is -0.119. The molecule has 0 saturated heterocycles. The Hall–Kier alpha value is -1.12. The quantitative estimate of drug-likeness (QED) is 0.537. The Morgan fingerprint density at radius 3 is 2.50 bits per heavy atom. The van der Waals surface area contributed by atoms with Crippen molar-refractivity contribution in [3.8, 4) is 0 Å². The second-order valence-electron chi connectivity index (χ2n) is 5.90. The maximum atomic E-state index is 12.2. The summed E-state index contributed by atoms with van der Waals surface area (Å²) in [5, 5.41) is 3.94. The van der Waals surface area contributed by atoms with Crippen molar-refractivity contribution in [3.63, 3.8) is 0 Å². The number of hydrogen-bond donors (Lipinski definition) is 1. The molecule has 0 heterocycles. The van der Waals surface area contributed by atoms with E-state index in [4.69, 9.17) is 34.8 Å². The minimum Gasteiger partial charge on any atom is -0.354 e. The Morgan fingerprint density at radius 1 is 1.11 bits per heavy atom. The largest absolute Gasteiger partial charge is 0.354 e. The number of nitrogens with zero attached hydrogens (tertiary/aromatic N) is 1. The van der Waals surface area contributed by atoms with Gasteiger partial charge in [0.25, 0.3) is 0 Å². The van der Waals surface area contributed by atoms with Crippen LogP contribution >= 0.6 is 46.6 Å². The van der Waals surface area contributed by atoms with E-state index in [0.29, 0.717) is 22.3 Å². The van der Waals surface area contributed by atoms with Crippen LogP contribution in [0.5, 0.6) is 0 Å². The molecule has 0 aliphatic rings. The van der Waals surface area contributed by atoms with E-state index in [0.717, 1.165) is 21.9 Å². The normalized spacial score (nSPS) is 11.3. The van der Waals surface area contributed by atoms with E-state index in [2.05, 4.69) is 5.32 Å². The van der Waals surface area contributed by atoms with Gasteiger partial charge in [-0.25, -0.2) is 8.42 Å². The van der Waals surface area contributed by atoms with Crippen LogP contribution in [0.3, 0.4) is 0 Å². The van der Waals surface area contributed by atoms with Gasteiger partial charge in [0.15, 0.2) is 0 Å². The van der Waals surface area contributed by atoms with Gasteiger partial charge in [0.2, 0.25) is 15.9 Å². The molecule has 0 aromatic heterocycles. The first-order valence-corrected chi connectivity index (χ1v) is 12.3. The van der Waals surface area contributed by atoms with E-state index in [1.807, 2.05) is 24.3 Å². The molecule has 1 amide bonds. The van der Waals surface area contributed by atoms with E-state index in [-0.39, 0.29) is 17.3 Å². The molecule has 1 N–H and O–H groups in total. The van der Waals surface area contributed by atoms with Crippen LogP contribution in [-0.4, -0.2) is 39.4 Å². The third-order valence-electron chi connectivity index (χ3n) is 3.61. The van der Waals surface area contributed by atoms with Crippen molar-refractivity contribution in [2.75, 3.05) is 29.4 Å². The summed E-state index contributed by atoms with van der Waals surface area (Å²) in [6, 6.07) is 12.0. The van der Waals surface area contributed by atoms with Crippen molar-refractivity contribution in [1.82, 2.24) is 5.32 Å². The van der Waals surface area contributed by atoms with Gasteiger partial charge < -0.3 is 5.32 Å². The molecule has 0 saturated carbocycles. The lowest BCUT2D eigenvalue weighted by atomic mass is 10.2. The van der Waals surface area contributed by atoms with Gasteiger partial charge in [0.05, 0.1) is 22.0 Å². The Bertz CT molecular complexity index is 939. The lowest BCUT2D eigenvalue weighted by Crippen LogP contribution is -2.41. The highest BCUT2D eigenvalue weighted by Gasteiger charge is 2.21. The smallest absolute Gasteiger partial charge is 0.240 e. The van der Waals surface area contributed by atoms with Crippen LogP contribution < -0.4 is 9.62 Å². The molecule has 28 heavy (non-hydrogen) atoms. The number of carbonyl (C=O) groups excluding carboxylic acids is 1. The summed E-state index contributed by atoms with van der Waals surface area (Å²) in [6.45, 7) is 0.0821. The van der Waals surface area contributed by atoms with Crippen molar-refractivity contribution >= 4 is 68.2 Å². The van der Waals surface area contributed by atoms with E-state index in [1.54, 1.807) is 11.8 Å². The predicted octanol–water partition coefficient (Wildman–Crippen LogP) is 4.46. The lowest BCUT2D eigenvalue weighted by Gasteiger charge is -2.22. The number of amides is 1. The van der Waals surface area contributed by atoms with Crippen LogP contribution in [0.25, 0.3) is 0 Å². The van der Waals surface area contributed by atoms with Gasteiger partial charge in [-0.05, 0) is 35.9 Å². The van der Waals surface area contributed by atoms with Crippen LogP contribution in [0.2, 0.25) is 15.1 Å². The number of benzene rings is 2. The molecule has 0 fully saturated rings. The van der Waals surface area contributed by atoms with E-state index in [9.17, 15) is 13.2 Å². The average Bonchev–Trinajstić information content (AvgIpc) is 2.61. The van der Waals surface area contributed by atoms with Gasteiger partial charge in [0, 0.05) is 23.1 Å². The number of halogens is 3. The molecule has 2 aromatic rings. The number of hydrogen-bond acceptors (Lipinski definition) is 4. The highest BCUT2D eigenvalue weighted by Crippen LogP contribution is 2.28. The maximum Gasteiger partial charge on any atom is 0.240 e. The summed E-state index contributed by atoms with van der Waals surface area (Å²) >= 11 is 19.4. The van der Waals surface area contributed by atoms with E-state index in [1.165, 1.54) is 18.2 Å². The van der Waals surface area contributed by atoms with Crippen LogP contribution in [0.4, 0.5) is 5.69 Å². The summed E-state index contributed by atoms with van der Waals surface area (Å²) in [5.41, 5.74) is 1.38. The Kier molecular flexibility index (Phi) is 8.77. The van der Waals surface area contributed by atoms with Crippen molar-refractivity contribution in [3.05, 3.63) is 63.1 Å². The second kappa shape index (κ2) is 10.6. The van der Waals surface area contributed by atoms with Gasteiger partial charge in [-0.1, -0.05) is 46.9 Å². The SMILES string of the molecule is CS(=O)(=O)N(CC(=O)NCCSCc1cccc(Cl)c1)c1ccc(Cl)c(Cl)c1. The molecule has 0 aliphatic carbocycles. The zero-order chi connectivity index (χ0) is 20.7. The number of carbonyl (C=O) groups is 1. The number of sulfonamides is 1. The van der Waals surface area contributed by atoms with Gasteiger partial charge in [-0.2, -0.15) is 11.8 Å². The zero-order valence-corrected chi connectivity index (χ0v) is 18.9. The number of anilines is 1. The van der Waals surface area contributed by atoms with E-state index >= 15 is 0 Å². The fourth-order valence-electron chi connectivity index (χ4n) is 2.31. The standard InChI is InChI=1S/C18H19Cl3N2O3S2/c1-28(25,26)23(15-5-6-16(20)17(21)10-15)11-18(24)22-7-8-27-12-13-3-2-4-14(19)9-13/h2-6,9-10H,7-8,11-12H2,1H3,(H,22,24).